The number of hydrogen-bond acceptors (Lipinski definition) is 8. The number of rotatable bonds is 7. The number of halogens is 1. The van der Waals surface area contributed by atoms with Crippen molar-refractivity contribution < 1.29 is 23.8 Å². The van der Waals surface area contributed by atoms with Gasteiger partial charge in [0, 0.05) is 22.2 Å². The van der Waals surface area contributed by atoms with Crippen molar-refractivity contribution in [1.29, 1.82) is 0 Å². The van der Waals surface area contributed by atoms with Gasteiger partial charge in [0.05, 0.1) is 25.3 Å². The van der Waals surface area contributed by atoms with Crippen molar-refractivity contribution in [2.24, 2.45) is 10.2 Å². The van der Waals surface area contributed by atoms with E-state index in [1.54, 1.807) is 31.4 Å². The zero-order chi connectivity index (χ0) is 22.2. The summed E-state index contributed by atoms with van der Waals surface area (Å²) in [7, 11) is 2.77. The number of amidine groups is 1. The predicted octanol–water partition coefficient (Wildman–Crippen LogP) is 3.54. The molecule has 1 aliphatic rings. The lowest BCUT2D eigenvalue weighted by Crippen LogP contribution is -2.19. The number of thioether (sulfide) groups is 1. The third kappa shape index (κ3) is 5.87. The van der Waals surface area contributed by atoms with Crippen LogP contribution < -0.4 is 14.8 Å². The van der Waals surface area contributed by atoms with E-state index in [0.717, 1.165) is 23.4 Å². The summed E-state index contributed by atoms with van der Waals surface area (Å²) in [6, 6.07) is 12.7. The van der Waals surface area contributed by atoms with Crippen LogP contribution in [-0.2, 0) is 20.9 Å². The lowest BCUT2D eigenvalue weighted by atomic mass is 10.2. The first-order chi connectivity index (χ1) is 15.0. The normalized spacial score (nSPS) is 16.0. The van der Waals surface area contributed by atoms with Crippen LogP contribution in [0.15, 0.2) is 63.6 Å². The van der Waals surface area contributed by atoms with Gasteiger partial charge in [-0.2, -0.15) is 5.10 Å². The van der Waals surface area contributed by atoms with Crippen molar-refractivity contribution in [3.05, 3.63) is 69.6 Å². The highest BCUT2D eigenvalue weighted by atomic mass is 35.5. The summed E-state index contributed by atoms with van der Waals surface area (Å²) < 4.78 is 15.9. The molecule has 31 heavy (non-hydrogen) atoms. The molecule has 160 valence electrons. The molecule has 2 aromatic rings. The molecular weight excluding hydrogens is 442 g/mol. The fraction of sp³-hybridized carbons (Fsp3) is 0.143. The molecule has 1 amide bonds. The summed E-state index contributed by atoms with van der Waals surface area (Å²) in [6.07, 6.45) is 2.57. The number of ether oxygens (including phenoxy) is 3. The van der Waals surface area contributed by atoms with E-state index in [4.69, 9.17) is 21.1 Å². The van der Waals surface area contributed by atoms with Crippen LogP contribution >= 0.6 is 23.4 Å². The van der Waals surface area contributed by atoms with Crippen molar-refractivity contribution in [1.82, 2.24) is 5.32 Å². The number of methoxy groups -OCH3 is 2. The average molecular weight is 460 g/mol. The van der Waals surface area contributed by atoms with E-state index in [-0.39, 0.29) is 16.7 Å². The third-order valence-electron chi connectivity index (χ3n) is 4.01. The Labute approximate surface area is 187 Å². The molecule has 0 unspecified atom stereocenters. The fourth-order valence-electron chi connectivity index (χ4n) is 2.50. The monoisotopic (exact) mass is 459 g/mol. The van der Waals surface area contributed by atoms with E-state index in [1.807, 2.05) is 18.2 Å². The number of hydrogen-bond donors (Lipinski definition) is 1. The fourth-order valence-corrected chi connectivity index (χ4v) is 3.43. The molecule has 0 aromatic heterocycles. The van der Waals surface area contributed by atoms with Gasteiger partial charge in [-0.3, -0.25) is 10.1 Å². The molecule has 1 heterocycles. The summed E-state index contributed by atoms with van der Waals surface area (Å²) in [5.74, 6) is -0.0765. The summed E-state index contributed by atoms with van der Waals surface area (Å²) in [6.45, 7) is 0.239. The van der Waals surface area contributed by atoms with Crippen LogP contribution in [0.25, 0.3) is 0 Å². The highest BCUT2D eigenvalue weighted by Gasteiger charge is 2.25. The molecule has 1 saturated heterocycles. The van der Waals surface area contributed by atoms with Gasteiger partial charge in [-0.05, 0) is 30.0 Å². The Balaban J connectivity index is 1.77. The minimum atomic E-state index is -0.626. The number of nitrogens with one attached hydrogen (secondary N) is 1. The van der Waals surface area contributed by atoms with E-state index in [0.29, 0.717) is 22.1 Å². The molecule has 0 atom stereocenters. The lowest BCUT2D eigenvalue weighted by molar-refractivity contribution is -0.135. The Bertz CT molecular complexity index is 1080. The first-order valence-corrected chi connectivity index (χ1v) is 10.1. The van der Waals surface area contributed by atoms with Gasteiger partial charge in [-0.15, -0.1) is 5.10 Å². The van der Waals surface area contributed by atoms with Crippen molar-refractivity contribution in [2.75, 3.05) is 14.2 Å². The van der Waals surface area contributed by atoms with Crippen LogP contribution in [0.1, 0.15) is 11.1 Å². The molecule has 0 spiro atoms. The van der Waals surface area contributed by atoms with E-state index in [2.05, 4.69) is 20.3 Å². The predicted molar refractivity (Wildman–Crippen MR) is 120 cm³/mol. The van der Waals surface area contributed by atoms with Gasteiger partial charge in [0.1, 0.15) is 6.61 Å². The van der Waals surface area contributed by atoms with Crippen LogP contribution in [-0.4, -0.2) is 37.5 Å². The van der Waals surface area contributed by atoms with Crippen LogP contribution in [0.2, 0.25) is 5.02 Å². The second-order valence-electron chi connectivity index (χ2n) is 6.00. The number of benzene rings is 2. The molecule has 1 N–H and O–H groups in total. The highest BCUT2D eigenvalue weighted by molar-refractivity contribution is 8.18. The third-order valence-corrected chi connectivity index (χ3v) is 5.27. The smallest absolute Gasteiger partial charge is 0.331 e. The molecule has 0 radical (unpaired) electrons. The quantitative estimate of drug-likeness (QED) is 0.294. The molecule has 2 aromatic carbocycles. The van der Waals surface area contributed by atoms with E-state index < -0.39 is 11.9 Å². The van der Waals surface area contributed by atoms with Crippen molar-refractivity contribution in [3.8, 4) is 11.5 Å². The van der Waals surface area contributed by atoms with Gasteiger partial charge in [0.2, 0.25) is 0 Å². The molecule has 0 aliphatic carbocycles. The van der Waals surface area contributed by atoms with Gasteiger partial charge in [0.25, 0.3) is 5.91 Å². The van der Waals surface area contributed by atoms with E-state index in [9.17, 15) is 9.59 Å². The zero-order valence-electron chi connectivity index (χ0n) is 16.6. The number of para-hydroxylation sites is 1. The number of nitrogens with zero attached hydrogens (tertiary/aromatic N) is 2. The van der Waals surface area contributed by atoms with Gasteiger partial charge in [0.15, 0.2) is 16.7 Å². The largest absolute Gasteiger partial charge is 0.493 e. The average Bonchev–Trinajstić information content (AvgIpc) is 3.12. The highest BCUT2D eigenvalue weighted by Crippen LogP contribution is 2.31. The number of carbonyl (C=O) groups excluding carboxylic acids is 2. The van der Waals surface area contributed by atoms with Gasteiger partial charge in [-0.1, -0.05) is 35.9 Å². The van der Waals surface area contributed by atoms with Crippen LogP contribution in [0.3, 0.4) is 0 Å². The Morgan fingerprint density at radius 3 is 2.74 bits per heavy atom. The van der Waals surface area contributed by atoms with E-state index in [1.165, 1.54) is 13.3 Å². The van der Waals surface area contributed by atoms with Crippen molar-refractivity contribution >= 4 is 46.6 Å². The van der Waals surface area contributed by atoms with Gasteiger partial charge < -0.3 is 14.2 Å². The SMILES string of the molecule is COC(=O)/C=C1/S/C(=N\N=Cc2cccc(OC)c2OCc2ccccc2Cl)NC1=O. The minimum absolute atomic E-state index is 0.172. The van der Waals surface area contributed by atoms with Crippen molar-refractivity contribution in [2.45, 2.75) is 6.61 Å². The summed E-state index contributed by atoms with van der Waals surface area (Å²) >= 11 is 7.18. The van der Waals surface area contributed by atoms with E-state index >= 15 is 0 Å². The summed E-state index contributed by atoms with van der Waals surface area (Å²) in [4.78, 5) is 23.3. The molecular formula is C21H18ClN3O5S. The maximum Gasteiger partial charge on any atom is 0.331 e. The number of carbonyl (C=O) groups is 2. The minimum Gasteiger partial charge on any atom is -0.493 e. The Morgan fingerprint density at radius 1 is 1.19 bits per heavy atom. The Kier molecular flexibility index (Phi) is 7.69. The van der Waals surface area contributed by atoms with Gasteiger partial charge in [-0.25, -0.2) is 4.79 Å². The maximum atomic E-state index is 11.9. The first-order valence-electron chi connectivity index (χ1n) is 8.95. The zero-order valence-corrected chi connectivity index (χ0v) is 18.2. The van der Waals surface area contributed by atoms with Crippen LogP contribution in [0, 0.1) is 0 Å². The standard InChI is InChI=1S/C21H18ClN3O5S/c1-28-16-9-5-7-13(19(16)30-12-14-6-3-4-8-15(14)22)11-23-25-21-24-20(27)17(31-21)10-18(26)29-2/h3-11H,12H2,1-2H3,(H,24,25,27)/b17-10+,23-11?. The molecule has 1 aliphatic heterocycles. The number of esters is 1. The second kappa shape index (κ2) is 10.6. The molecule has 0 bridgehead atoms. The van der Waals surface area contributed by atoms with Crippen LogP contribution in [0.5, 0.6) is 11.5 Å². The summed E-state index contributed by atoms with van der Waals surface area (Å²) in [5.41, 5.74) is 1.45. The van der Waals surface area contributed by atoms with Crippen molar-refractivity contribution in [3.63, 3.8) is 0 Å². The molecule has 3 rings (SSSR count). The number of amides is 1. The first kappa shape index (κ1) is 22.4. The molecule has 8 nitrogen and oxygen atoms in total. The van der Waals surface area contributed by atoms with Crippen LogP contribution in [0.4, 0.5) is 0 Å². The van der Waals surface area contributed by atoms with Gasteiger partial charge >= 0.3 is 5.97 Å². The second-order valence-corrected chi connectivity index (χ2v) is 7.43. The summed E-state index contributed by atoms with van der Waals surface area (Å²) in [5, 5.41) is 11.4. The Morgan fingerprint density at radius 2 is 2.00 bits per heavy atom. The Hall–Kier alpha value is -3.30. The molecule has 0 saturated carbocycles. The molecule has 1 fully saturated rings. The molecule has 10 heteroatoms. The topological polar surface area (TPSA) is 98.6 Å². The maximum absolute atomic E-state index is 11.9. The lowest BCUT2D eigenvalue weighted by Gasteiger charge is -2.13.